The van der Waals surface area contributed by atoms with Crippen molar-refractivity contribution in [2.45, 2.75) is 33.1 Å². The molecule has 0 atom stereocenters. The summed E-state index contributed by atoms with van der Waals surface area (Å²) in [5.41, 5.74) is 4.30. The number of hydrogen-bond acceptors (Lipinski definition) is 7. The lowest BCUT2D eigenvalue weighted by molar-refractivity contribution is 0.102. The molecule has 0 spiro atoms. The first-order valence-electron chi connectivity index (χ1n) is 13.5. The van der Waals surface area contributed by atoms with Gasteiger partial charge in [-0.3, -0.25) is 4.79 Å². The molecule has 5 aromatic rings. The third-order valence-electron chi connectivity index (χ3n) is 6.37. The molecule has 3 N–H and O–H groups in total. The SMILES string of the molecule is CCCNc1ccc(Oc2ccc(C(=O)Nc3ccc(Br)cc3)cc2Nc2ncnc3nc(C(C)C)ccc23)cc1. The Hall–Kier alpha value is -4.50. The fourth-order valence-corrected chi connectivity index (χ4v) is 4.40. The molecule has 1 amide bonds. The van der Waals surface area contributed by atoms with E-state index in [4.69, 9.17) is 9.72 Å². The molecule has 0 saturated heterocycles. The van der Waals surface area contributed by atoms with Gasteiger partial charge >= 0.3 is 0 Å². The van der Waals surface area contributed by atoms with Crippen LogP contribution in [0.4, 0.5) is 22.9 Å². The maximum Gasteiger partial charge on any atom is 0.255 e. The lowest BCUT2D eigenvalue weighted by Gasteiger charge is -2.16. The summed E-state index contributed by atoms with van der Waals surface area (Å²) in [6.45, 7) is 7.21. The van der Waals surface area contributed by atoms with Crippen LogP contribution in [0.1, 0.15) is 49.2 Å². The van der Waals surface area contributed by atoms with Crippen molar-refractivity contribution >= 4 is 55.8 Å². The normalized spacial score (nSPS) is 11.0. The highest BCUT2D eigenvalue weighted by atomic mass is 79.9. The summed E-state index contributed by atoms with van der Waals surface area (Å²) in [5, 5.41) is 10.4. The Kier molecular flexibility index (Phi) is 8.74. The number of carbonyl (C=O) groups is 1. The predicted octanol–water partition coefficient (Wildman–Crippen LogP) is 8.52. The highest BCUT2D eigenvalue weighted by molar-refractivity contribution is 9.10. The lowest BCUT2D eigenvalue weighted by Crippen LogP contribution is -2.12. The number of pyridine rings is 1. The van der Waals surface area contributed by atoms with Crippen LogP contribution in [0.25, 0.3) is 11.0 Å². The molecule has 9 heteroatoms. The van der Waals surface area contributed by atoms with E-state index in [9.17, 15) is 4.79 Å². The molecule has 3 aromatic carbocycles. The van der Waals surface area contributed by atoms with Gasteiger partial charge in [0.25, 0.3) is 5.91 Å². The number of nitrogens with one attached hydrogen (secondary N) is 3. The Bertz CT molecular complexity index is 1660. The maximum atomic E-state index is 13.2. The molecular formula is C32H31BrN6O2. The Morgan fingerprint density at radius 3 is 2.41 bits per heavy atom. The average molecular weight is 612 g/mol. The van der Waals surface area contributed by atoms with E-state index in [1.54, 1.807) is 18.2 Å². The van der Waals surface area contributed by atoms with Crippen molar-refractivity contribution in [3.63, 3.8) is 0 Å². The van der Waals surface area contributed by atoms with Crippen molar-refractivity contribution in [2.75, 3.05) is 22.5 Å². The smallest absolute Gasteiger partial charge is 0.255 e. The number of aromatic nitrogens is 3. The topological polar surface area (TPSA) is 101 Å². The van der Waals surface area contributed by atoms with Crippen molar-refractivity contribution < 1.29 is 9.53 Å². The molecule has 8 nitrogen and oxygen atoms in total. The van der Waals surface area contributed by atoms with E-state index >= 15 is 0 Å². The van der Waals surface area contributed by atoms with Gasteiger partial charge in [0.05, 0.1) is 11.1 Å². The van der Waals surface area contributed by atoms with Crippen LogP contribution in [-0.4, -0.2) is 27.4 Å². The number of ether oxygens (including phenoxy) is 1. The first-order chi connectivity index (χ1) is 19.9. The van der Waals surface area contributed by atoms with Crippen LogP contribution in [-0.2, 0) is 0 Å². The van der Waals surface area contributed by atoms with Gasteiger partial charge in [0.15, 0.2) is 11.4 Å². The van der Waals surface area contributed by atoms with Gasteiger partial charge < -0.3 is 20.7 Å². The van der Waals surface area contributed by atoms with Crippen LogP contribution < -0.4 is 20.7 Å². The van der Waals surface area contributed by atoms with Crippen molar-refractivity contribution in [1.29, 1.82) is 0 Å². The molecule has 0 fully saturated rings. The van der Waals surface area contributed by atoms with Gasteiger partial charge in [-0.2, -0.15) is 0 Å². The Morgan fingerprint density at radius 1 is 0.927 bits per heavy atom. The van der Waals surface area contributed by atoms with Crippen LogP contribution in [0.3, 0.4) is 0 Å². The third-order valence-corrected chi connectivity index (χ3v) is 6.90. The van der Waals surface area contributed by atoms with Crippen LogP contribution in [0.2, 0.25) is 0 Å². The average Bonchev–Trinajstić information content (AvgIpc) is 2.98. The molecule has 2 heterocycles. The Labute approximate surface area is 247 Å². The van der Waals surface area contributed by atoms with E-state index < -0.39 is 0 Å². The van der Waals surface area contributed by atoms with Crippen molar-refractivity contribution in [3.05, 3.63) is 101 Å². The van der Waals surface area contributed by atoms with Crippen LogP contribution >= 0.6 is 15.9 Å². The maximum absolute atomic E-state index is 13.2. The second-order valence-corrected chi connectivity index (χ2v) is 10.8. The van der Waals surface area contributed by atoms with E-state index in [1.165, 1.54) is 6.33 Å². The van der Waals surface area contributed by atoms with E-state index in [-0.39, 0.29) is 11.8 Å². The van der Waals surface area contributed by atoms with E-state index in [0.29, 0.717) is 39.9 Å². The quantitative estimate of drug-likeness (QED) is 0.146. The van der Waals surface area contributed by atoms with Crippen LogP contribution in [0.15, 0.2) is 89.7 Å². The summed E-state index contributed by atoms with van der Waals surface area (Å²) in [6.07, 6.45) is 2.52. The van der Waals surface area contributed by atoms with Gasteiger partial charge in [-0.1, -0.05) is 36.7 Å². The van der Waals surface area contributed by atoms with E-state index in [1.807, 2.05) is 60.7 Å². The van der Waals surface area contributed by atoms with Crippen molar-refractivity contribution in [1.82, 2.24) is 15.0 Å². The molecule has 0 bridgehead atoms. The molecule has 0 saturated carbocycles. The second-order valence-electron chi connectivity index (χ2n) is 9.83. The number of amides is 1. The van der Waals surface area contributed by atoms with Gasteiger partial charge in [0.2, 0.25) is 0 Å². The summed E-state index contributed by atoms with van der Waals surface area (Å²) in [7, 11) is 0. The number of fused-ring (bicyclic) bond motifs is 1. The summed E-state index contributed by atoms with van der Waals surface area (Å²) in [6, 6.07) is 24.4. The second kappa shape index (κ2) is 12.8. The minimum Gasteiger partial charge on any atom is -0.455 e. The number of hydrogen-bond donors (Lipinski definition) is 3. The molecular weight excluding hydrogens is 580 g/mol. The zero-order valence-corrected chi connectivity index (χ0v) is 24.7. The highest BCUT2D eigenvalue weighted by Crippen LogP contribution is 2.35. The number of rotatable bonds is 10. The molecule has 0 radical (unpaired) electrons. The summed E-state index contributed by atoms with van der Waals surface area (Å²) in [5.74, 6) is 1.79. The lowest BCUT2D eigenvalue weighted by atomic mass is 10.1. The fourth-order valence-electron chi connectivity index (χ4n) is 4.14. The monoisotopic (exact) mass is 610 g/mol. The number of carbonyl (C=O) groups excluding carboxylic acids is 1. The molecule has 208 valence electrons. The Balaban J connectivity index is 1.48. The third kappa shape index (κ3) is 6.99. The summed E-state index contributed by atoms with van der Waals surface area (Å²) < 4.78 is 7.22. The molecule has 5 rings (SSSR count). The zero-order valence-electron chi connectivity index (χ0n) is 23.1. The van der Waals surface area contributed by atoms with Crippen molar-refractivity contribution in [2.24, 2.45) is 0 Å². The molecule has 0 aliphatic carbocycles. The predicted molar refractivity (Wildman–Crippen MR) is 169 cm³/mol. The standard InChI is InChI=1S/C32H31BrN6O2/c1-4-17-34-23-10-12-25(13-11-23)41-29-16-5-21(32(40)37-24-8-6-22(33)7-9-24)18-28(29)39-31-26-14-15-27(20(2)3)38-30(26)35-19-36-31/h5-16,18-20,34H,4,17H2,1-3H3,(H,37,40)(H,35,36,38,39). The highest BCUT2D eigenvalue weighted by Gasteiger charge is 2.15. The van der Waals surface area contributed by atoms with Gasteiger partial charge in [0, 0.05) is 33.6 Å². The summed E-state index contributed by atoms with van der Waals surface area (Å²) >= 11 is 3.42. The largest absolute Gasteiger partial charge is 0.455 e. The molecule has 0 unspecified atom stereocenters. The fraction of sp³-hybridized carbons (Fsp3) is 0.188. The first kappa shape index (κ1) is 28.0. The van der Waals surface area contributed by atoms with Gasteiger partial charge in [0.1, 0.15) is 17.9 Å². The van der Waals surface area contributed by atoms with Gasteiger partial charge in [-0.15, -0.1) is 0 Å². The molecule has 0 aliphatic heterocycles. The van der Waals surface area contributed by atoms with Gasteiger partial charge in [-0.05, 0) is 91.2 Å². The first-order valence-corrected chi connectivity index (χ1v) is 14.3. The number of halogens is 1. The Morgan fingerprint density at radius 2 is 1.68 bits per heavy atom. The van der Waals surface area contributed by atoms with E-state index in [0.717, 1.165) is 34.2 Å². The van der Waals surface area contributed by atoms with Crippen LogP contribution in [0, 0.1) is 0 Å². The van der Waals surface area contributed by atoms with Crippen molar-refractivity contribution in [3.8, 4) is 11.5 Å². The molecule has 41 heavy (non-hydrogen) atoms. The summed E-state index contributed by atoms with van der Waals surface area (Å²) in [4.78, 5) is 26.7. The molecule has 0 aliphatic rings. The zero-order chi connectivity index (χ0) is 28.8. The van der Waals surface area contributed by atoms with Crippen LogP contribution in [0.5, 0.6) is 11.5 Å². The van der Waals surface area contributed by atoms with E-state index in [2.05, 4.69) is 62.6 Å². The molecule has 2 aromatic heterocycles. The number of anilines is 4. The van der Waals surface area contributed by atoms with Gasteiger partial charge in [-0.25, -0.2) is 15.0 Å². The minimum atomic E-state index is -0.246. The number of nitrogens with zero attached hydrogens (tertiary/aromatic N) is 3. The number of benzene rings is 3. The minimum absolute atomic E-state index is 0.246.